The molecule has 8 heteroatoms. The molecule has 3 aliphatic heterocycles. The summed E-state index contributed by atoms with van der Waals surface area (Å²) in [6, 6.07) is 11.8. The Kier molecular flexibility index (Phi) is 4.55. The number of ether oxygens (including phenoxy) is 1. The summed E-state index contributed by atoms with van der Waals surface area (Å²) in [5.41, 5.74) is 1.17. The number of hydrazine groups is 1. The minimum atomic E-state index is -0.563. The fraction of sp³-hybridized carbons (Fsp3) is 0.333. The van der Waals surface area contributed by atoms with Gasteiger partial charge in [0.2, 0.25) is 5.91 Å². The van der Waals surface area contributed by atoms with Crippen molar-refractivity contribution in [3.63, 3.8) is 0 Å². The largest absolute Gasteiger partial charge is 0.496 e. The van der Waals surface area contributed by atoms with Crippen molar-refractivity contribution in [2.24, 2.45) is 5.92 Å². The number of carbonyl (C=O) groups is 2. The van der Waals surface area contributed by atoms with Crippen LogP contribution in [0.4, 0.5) is 5.69 Å². The molecule has 2 aromatic rings. The van der Waals surface area contributed by atoms with Gasteiger partial charge in [0.05, 0.1) is 34.8 Å². The van der Waals surface area contributed by atoms with Crippen molar-refractivity contribution < 1.29 is 14.3 Å². The number of fused-ring (bicyclic) bond motifs is 3. The summed E-state index contributed by atoms with van der Waals surface area (Å²) >= 11 is 12.7. The molecule has 150 valence electrons. The number of amides is 2. The minimum absolute atomic E-state index is 0.268. The fourth-order valence-corrected chi connectivity index (χ4v) is 5.49. The van der Waals surface area contributed by atoms with Crippen molar-refractivity contribution in [1.82, 2.24) is 10.0 Å². The fourth-order valence-electron chi connectivity index (χ4n) is 4.92. The number of benzene rings is 2. The number of imide groups is 1. The molecule has 0 radical (unpaired) electrons. The van der Waals surface area contributed by atoms with Crippen molar-refractivity contribution in [3.8, 4) is 5.75 Å². The molecule has 0 aliphatic carbocycles. The van der Waals surface area contributed by atoms with Gasteiger partial charge in [0.25, 0.3) is 5.91 Å². The van der Waals surface area contributed by atoms with Gasteiger partial charge in [-0.15, -0.1) is 0 Å². The number of hydrogen-bond donors (Lipinski definition) is 0. The van der Waals surface area contributed by atoms with Gasteiger partial charge in [-0.2, -0.15) is 0 Å². The second-order valence-electron chi connectivity index (χ2n) is 7.42. The van der Waals surface area contributed by atoms with Crippen molar-refractivity contribution in [2.75, 3.05) is 25.1 Å². The zero-order chi connectivity index (χ0) is 20.3. The van der Waals surface area contributed by atoms with Gasteiger partial charge < -0.3 is 4.74 Å². The Morgan fingerprint density at radius 1 is 0.897 bits per heavy atom. The standard InChI is InChI=1S/C21H19Cl2N3O3/c1-29-15-9-3-2-6-12(15)17-16-19(25-11-5-10-24(17)25)21(28)26(20(16)27)18-13(22)7-4-8-14(18)23/h2-4,6-9,16-17,19H,5,10-11H2,1H3/t16-,17+,19+/m1/s1. The summed E-state index contributed by atoms with van der Waals surface area (Å²) in [6.07, 6.45) is 0.934. The van der Waals surface area contributed by atoms with Crippen molar-refractivity contribution in [3.05, 3.63) is 58.1 Å². The van der Waals surface area contributed by atoms with Crippen LogP contribution in [0, 0.1) is 5.92 Å². The van der Waals surface area contributed by atoms with Gasteiger partial charge in [0.1, 0.15) is 11.8 Å². The lowest BCUT2D eigenvalue weighted by molar-refractivity contribution is -0.126. The van der Waals surface area contributed by atoms with Crippen LogP contribution in [0.2, 0.25) is 10.0 Å². The second kappa shape index (κ2) is 6.99. The third kappa shape index (κ3) is 2.63. The first kappa shape index (κ1) is 18.9. The van der Waals surface area contributed by atoms with E-state index in [-0.39, 0.29) is 33.6 Å². The monoisotopic (exact) mass is 431 g/mol. The summed E-state index contributed by atoms with van der Waals surface area (Å²) in [5, 5.41) is 4.75. The van der Waals surface area contributed by atoms with Gasteiger partial charge >= 0.3 is 0 Å². The van der Waals surface area contributed by atoms with Gasteiger partial charge in [0, 0.05) is 18.7 Å². The molecule has 2 aromatic carbocycles. The number of rotatable bonds is 3. The highest BCUT2D eigenvalue weighted by Gasteiger charge is 2.63. The maximum atomic E-state index is 13.6. The number of methoxy groups -OCH3 is 1. The molecule has 0 N–H and O–H groups in total. The van der Waals surface area contributed by atoms with Crippen LogP contribution in [0.1, 0.15) is 18.0 Å². The highest BCUT2D eigenvalue weighted by molar-refractivity contribution is 6.42. The molecule has 3 aliphatic rings. The van der Waals surface area contributed by atoms with E-state index in [9.17, 15) is 9.59 Å². The van der Waals surface area contributed by atoms with E-state index in [1.54, 1.807) is 25.3 Å². The topological polar surface area (TPSA) is 53.1 Å². The van der Waals surface area contributed by atoms with E-state index in [1.807, 2.05) is 29.3 Å². The Labute approximate surface area is 178 Å². The van der Waals surface area contributed by atoms with E-state index in [4.69, 9.17) is 27.9 Å². The molecule has 2 amide bonds. The van der Waals surface area contributed by atoms with Crippen LogP contribution in [0.3, 0.4) is 0 Å². The zero-order valence-electron chi connectivity index (χ0n) is 15.7. The molecule has 0 bridgehead atoms. The van der Waals surface area contributed by atoms with Crippen LogP contribution in [0.25, 0.3) is 0 Å². The molecule has 0 unspecified atom stereocenters. The second-order valence-corrected chi connectivity index (χ2v) is 8.23. The predicted octanol–water partition coefficient (Wildman–Crippen LogP) is 3.54. The average Bonchev–Trinajstić information content (AvgIpc) is 3.36. The number of anilines is 1. The Morgan fingerprint density at radius 3 is 2.24 bits per heavy atom. The summed E-state index contributed by atoms with van der Waals surface area (Å²) in [7, 11) is 1.62. The SMILES string of the molecule is COc1ccccc1[C@H]1[C@H]2C(=O)N(c3c(Cl)cccc3Cl)C(=O)[C@H]2N2CCCN12. The Balaban J connectivity index is 1.64. The Bertz CT molecular complexity index is 994. The molecule has 3 atom stereocenters. The quantitative estimate of drug-likeness (QED) is 0.695. The van der Waals surface area contributed by atoms with E-state index >= 15 is 0 Å². The van der Waals surface area contributed by atoms with E-state index in [0.717, 1.165) is 25.1 Å². The molecular formula is C21H19Cl2N3O3. The minimum Gasteiger partial charge on any atom is -0.496 e. The van der Waals surface area contributed by atoms with Crippen molar-refractivity contribution in [2.45, 2.75) is 18.5 Å². The van der Waals surface area contributed by atoms with Crippen molar-refractivity contribution >= 4 is 40.7 Å². The maximum absolute atomic E-state index is 13.6. The van der Waals surface area contributed by atoms with Gasteiger partial charge in [-0.3, -0.25) is 9.59 Å². The van der Waals surface area contributed by atoms with Gasteiger partial charge in [-0.1, -0.05) is 47.5 Å². The molecule has 3 saturated heterocycles. The molecule has 3 heterocycles. The van der Waals surface area contributed by atoms with Gasteiger partial charge in [-0.25, -0.2) is 14.9 Å². The summed E-state index contributed by atoms with van der Waals surface area (Å²) < 4.78 is 5.57. The van der Waals surface area contributed by atoms with Crippen molar-refractivity contribution in [1.29, 1.82) is 0 Å². The number of para-hydroxylation sites is 2. The normalized spacial score (nSPS) is 26.9. The summed E-state index contributed by atoms with van der Waals surface area (Å²) in [4.78, 5) is 28.3. The molecule has 0 spiro atoms. The van der Waals surface area contributed by atoms with E-state index < -0.39 is 12.0 Å². The predicted molar refractivity (Wildman–Crippen MR) is 110 cm³/mol. The lowest BCUT2D eigenvalue weighted by Crippen LogP contribution is -2.44. The van der Waals surface area contributed by atoms with Crippen LogP contribution < -0.4 is 9.64 Å². The summed E-state index contributed by atoms with van der Waals surface area (Å²) in [5.74, 6) is -0.398. The third-order valence-corrected chi connectivity index (χ3v) is 6.63. The van der Waals surface area contributed by atoms with Crippen LogP contribution in [0.5, 0.6) is 5.75 Å². The zero-order valence-corrected chi connectivity index (χ0v) is 17.2. The molecule has 29 heavy (non-hydrogen) atoms. The highest BCUT2D eigenvalue weighted by Crippen LogP contribution is 2.51. The first-order valence-corrected chi connectivity index (χ1v) is 10.3. The number of carbonyl (C=O) groups excluding carboxylic acids is 2. The van der Waals surface area contributed by atoms with Crippen LogP contribution in [-0.4, -0.2) is 48.1 Å². The van der Waals surface area contributed by atoms with E-state index in [1.165, 1.54) is 4.90 Å². The van der Waals surface area contributed by atoms with E-state index in [2.05, 4.69) is 5.01 Å². The van der Waals surface area contributed by atoms with E-state index in [0.29, 0.717) is 5.75 Å². The maximum Gasteiger partial charge on any atom is 0.253 e. The molecule has 6 nitrogen and oxygen atoms in total. The molecule has 3 fully saturated rings. The van der Waals surface area contributed by atoms with Gasteiger partial charge in [0.15, 0.2) is 0 Å². The lowest BCUT2D eigenvalue weighted by atomic mass is 9.89. The van der Waals surface area contributed by atoms with Crippen LogP contribution >= 0.6 is 23.2 Å². The first-order valence-electron chi connectivity index (χ1n) is 9.52. The number of hydrogen-bond acceptors (Lipinski definition) is 5. The Morgan fingerprint density at radius 2 is 1.55 bits per heavy atom. The molecule has 5 rings (SSSR count). The first-order chi connectivity index (χ1) is 14.0. The molecular weight excluding hydrogens is 413 g/mol. The van der Waals surface area contributed by atoms with Crippen LogP contribution in [-0.2, 0) is 9.59 Å². The van der Waals surface area contributed by atoms with Crippen LogP contribution in [0.15, 0.2) is 42.5 Å². The average molecular weight is 432 g/mol. The van der Waals surface area contributed by atoms with Gasteiger partial charge in [-0.05, 0) is 24.6 Å². The molecule has 0 aromatic heterocycles. The summed E-state index contributed by atoms with van der Waals surface area (Å²) in [6.45, 7) is 1.53. The Hall–Kier alpha value is -2.12. The third-order valence-electron chi connectivity index (χ3n) is 6.02. The number of halogens is 2. The molecule has 0 saturated carbocycles. The number of nitrogens with zero attached hydrogens (tertiary/aromatic N) is 3. The lowest BCUT2D eigenvalue weighted by Gasteiger charge is -2.30. The highest BCUT2D eigenvalue weighted by atomic mass is 35.5. The smallest absolute Gasteiger partial charge is 0.253 e.